The first-order valence-electron chi connectivity index (χ1n) is 11.2. The summed E-state index contributed by atoms with van der Waals surface area (Å²) in [7, 11) is 0. The molecule has 0 unspecified atom stereocenters. The Bertz CT molecular complexity index is 876. The average Bonchev–Trinajstić information content (AvgIpc) is 3.27. The lowest BCUT2D eigenvalue weighted by atomic mass is 10.1. The van der Waals surface area contributed by atoms with Gasteiger partial charge in [-0.25, -0.2) is 0 Å². The Balaban J connectivity index is 2.97. The largest absolute Gasteiger partial charge is 0.481 e. The predicted octanol–water partition coefficient (Wildman–Crippen LogP) is -4.54. The second-order valence-corrected chi connectivity index (χ2v) is 8.20. The number of nitrogens with two attached hydrogens (primary N) is 3. The first-order valence-corrected chi connectivity index (χ1v) is 11.2. The van der Waals surface area contributed by atoms with Gasteiger partial charge in [0, 0.05) is 20.0 Å². The fraction of sp³-hybridized carbons (Fsp3) is 0.650. The van der Waals surface area contributed by atoms with Gasteiger partial charge >= 0.3 is 5.97 Å². The van der Waals surface area contributed by atoms with E-state index in [1.54, 1.807) is 0 Å². The summed E-state index contributed by atoms with van der Waals surface area (Å²) in [5.74, 6) is -5.40. The first-order chi connectivity index (χ1) is 16.9. The number of nitrogens with one attached hydrogen (secondary N) is 3. The fourth-order valence-electron chi connectivity index (χ4n) is 3.64. The molecular weight excluding hydrogens is 480 g/mol. The van der Waals surface area contributed by atoms with Crippen LogP contribution < -0.4 is 33.2 Å². The Morgan fingerprint density at radius 2 is 1.69 bits per heavy atom. The minimum Gasteiger partial charge on any atom is -0.481 e. The molecule has 1 saturated heterocycles. The highest BCUT2D eigenvalue weighted by molar-refractivity contribution is 5.96. The number of likely N-dealkylation sites (tertiary alicyclic amines) is 1. The molecule has 5 amide bonds. The number of hydrogen-bond donors (Lipinski definition) is 8. The summed E-state index contributed by atoms with van der Waals surface area (Å²) < 4.78 is 0. The van der Waals surface area contributed by atoms with Gasteiger partial charge in [-0.2, -0.15) is 0 Å². The van der Waals surface area contributed by atoms with Crippen molar-refractivity contribution in [3.8, 4) is 0 Å². The summed E-state index contributed by atoms with van der Waals surface area (Å²) in [6.07, 6.45) is 0.426. The first kappa shape index (κ1) is 30.1. The molecule has 1 fully saturated rings. The van der Waals surface area contributed by atoms with Gasteiger partial charge in [0.25, 0.3) is 0 Å². The number of aliphatic hydroxyl groups excluding tert-OH is 1. The Labute approximate surface area is 207 Å². The summed E-state index contributed by atoms with van der Waals surface area (Å²) in [5, 5.41) is 25.2. The van der Waals surface area contributed by atoms with E-state index in [0.29, 0.717) is 12.8 Å². The summed E-state index contributed by atoms with van der Waals surface area (Å²) >= 11 is 0. The zero-order chi connectivity index (χ0) is 27.4. The molecule has 11 N–H and O–H groups in total. The number of rotatable bonds is 14. The molecule has 0 saturated carbocycles. The molecule has 0 radical (unpaired) electrons. The smallest absolute Gasteiger partial charge is 0.305 e. The molecule has 0 aliphatic carbocycles. The number of hydrogen-bond acceptors (Lipinski definition) is 8. The van der Waals surface area contributed by atoms with Gasteiger partial charge in [0.1, 0.15) is 24.2 Å². The molecule has 1 heterocycles. The maximum Gasteiger partial charge on any atom is 0.305 e. The van der Waals surface area contributed by atoms with Gasteiger partial charge in [-0.15, -0.1) is 0 Å². The summed E-state index contributed by atoms with van der Waals surface area (Å²) in [6.45, 7) is 0.839. The van der Waals surface area contributed by atoms with Gasteiger partial charge < -0.3 is 48.3 Å². The maximum absolute atomic E-state index is 13.2. The Hall–Kier alpha value is -3.95. The molecular formula is C20H34N8O8. The number of carboxylic acid groups (broad SMARTS) is 1. The molecule has 4 atom stereocenters. The van der Waals surface area contributed by atoms with Crippen LogP contribution in [0.2, 0.25) is 0 Å². The van der Waals surface area contributed by atoms with Crippen LogP contribution in [0.1, 0.15) is 39.0 Å². The van der Waals surface area contributed by atoms with E-state index < -0.39 is 72.7 Å². The zero-order valence-electron chi connectivity index (χ0n) is 19.9. The third-order valence-corrected chi connectivity index (χ3v) is 5.31. The van der Waals surface area contributed by atoms with Crippen molar-refractivity contribution in [2.75, 3.05) is 19.7 Å². The van der Waals surface area contributed by atoms with Crippen molar-refractivity contribution in [1.29, 1.82) is 0 Å². The van der Waals surface area contributed by atoms with Crippen LogP contribution in [0, 0.1) is 0 Å². The van der Waals surface area contributed by atoms with Crippen LogP contribution in [0.15, 0.2) is 4.99 Å². The summed E-state index contributed by atoms with van der Waals surface area (Å²) in [5.41, 5.74) is 15.6. The van der Waals surface area contributed by atoms with Crippen molar-refractivity contribution in [3.05, 3.63) is 0 Å². The Kier molecular flexibility index (Phi) is 12.1. The van der Waals surface area contributed by atoms with Crippen LogP contribution in [0.5, 0.6) is 0 Å². The number of carboxylic acids is 1. The number of aliphatic carboxylic acids is 1. The molecule has 1 rings (SSSR count). The highest BCUT2D eigenvalue weighted by atomic mass is 16.4. The van der Waals surface area contributed by atoms with Crippen molar-refractivity contribution < 1.29 is 39.0 Å². The second kappa shape index (κ2) is 14.4. The molecule has 1 aliphatic rings. The number of nitrogens with zero attached hydrogens (tertiary/aromatic N) is 2. The van der Waals surface area contributed by atoms with E-state index in [1.807, 2.05) is 0 Å². The van der Waals surface area contributed by atoms with E-state index in [9.17, 15) is 28.8 Å². The van der Waals surface area contributed by atoms with E-state index >= 15 is 0 Å². The standard InChI is InChI=1S/C20H34N8O8/c1-10(30)25-11(4-2-6-24-20(22)23)19(36)28-7-3-5-14(28)18(35)26-12(8-15(31)32)17(34)27-13(9-29)16(21)33/h11-14,29H,2-9H2,1H3,(H2,21,33)(H,25,30)(H,26,35)(H,27,34)(H,31,32)(H4,22,23,24)/t11-,12-,13-,14-/m0/s1. The maximum atomic E-state index is 13.2. The van der Waals surface area contributed by atoms with Crippen LogP contribution in [0.25, 0.3) is 0 Å². The predicted molar refractivity (Wildman–Crippen MR) is 125 cm³/mol. The lowest BCUT2D eigenvalue weighted by Crippen LogP contribution is -2.58. The fourth-order valence-corrected chi connectivity index (χ4v) is 3.64. The number of guanidine groups is 1. The Morgan fingerprint density at radius 1 is 1.03 bits per heavy atom. The molecule has 16 nitrogen and oxygen atoms in total. The SMILES string of the molecule is CC(=O)N[C@@H](CCCN=C(N)N)C(=O)N1CCC[C@H]1C(=O)N[C@@H](CC(=O)O)C(=O)N[C@@H](CO)C(N)=O. The van der Waals surface area contributed by atoms with Gasteiger partial charge in [-0.05, 0) is 25.7 Å². The van der Waals surface area contributed by atoms with Crippen molar-refractivity contribution in [2.45, 2.75) is 63.2 Å². The van der Waals surface area contributed by atoms with E-state index in [-0.39, 0.29) is 31.9 Å². The molecule has 16 heteroatoms. The van der Waals surface area contributed by atoms with Crippen molar-refractivity contribution in [3.63, 3.8) is 0 Å². The monoisotopic (exact) mass is 514 g/mol. The number of amides is 5. The van der Waals surface area contributed by atoms with Crippen LogP contribution in [-0.4, -0.2) is 100 Å². The molecule has 0 aromatic rings. The molecule has 202 valence electrons. The highest BCUT2D eigenvalue weighted by Gasteiger charge is 2.39. The lowest BCUT2D eigenvalue weighted by molar-refractivity contribution is -0.144. The van der Waals surface area contributed by atoms with Crippen molar-refractivity contribution >= 4 is 41.5 Å². The molecule has 36 heavy (non-hydrogen) atoms. The summed E-state index contributed by atoms with van der Waals surface area (Å²) in [6, 6.07) is -5.07. The number of primary amides is 1. The molecule has 0 aromatic carbocycles. The normalized spacial score (nSPS) is 17.3. The van der Waals surface area contributed by atoms with Gasteiger partial charge in [0.15, 0.2) is 5.96 Å². The van der Waals surface area contributed by atoms with Crippen LogP contribution in [-0.2, 0) is 28.8 Å². The van der Waals surface area contributed by atoms with Crippen molar-refractivity contribution in [2.24, 2.45) is 22.2 Å². The van der Waals surface area contributed by atoms with Crippen LogP contribution in [0.4, 0.5) is 0 Å². The van der Waals surface area contributed by atoms with E-state index in [2.05, 4.69) is 20.9 Å². The van der Waals surface area contributed by atoms with E-state index in [0.717, 1.165) is 0 Å². The third-order valence-electron chi connectivity index (χ3n) is 5.31. The summed E-state index contributed by atoms with van der Waals surface area (Å²) in [4.78, 5) is 77.9. The quantitative estimate of drug-likeness (QED) is 0.0624. The van der Waals surface area contributed by atoms with E-state index in [4.69, 9.17) is 27.4 Å². The minimum absolute atomic E-state index is 0.116. The van der Waals surface area contributed by atoms with Gasteiger partial charge in [0.05, 0.1) is 13.0 Å². The van der Waals surface area contributed by atoms with Gasteiger partial charge in [-0.3, -0.25) is 33.8 Å². The van der Waals surface area contributed by atoms with Crippen LogP contribution in [0.3, 0.4) is 0 Å². The second-order valence-electron chi connectivity index (χ2n) is 8.20. The number of aliphatic imine (C=N–C) groups is 1. The molecule has 1 aliphatic heterocycles. The van der Waals surface area contributed by atoms with Gasteiger partial charge in [0.2, 0.25) is 29.5 Å². The lowest BCUT2D eigenvalue weighted by Gasteiger charge is -2.29. The molecule has 0 bridgehead atoms. The zero-order valence-corrected chi connectivity index (χ0v) is 19.9. The molecule has 0 aromatic heterocycles. The van der Waals surface area contributed by atoms with Crippen molar-refractivity contribution in [1.82, 2.24) is 20.9 Å². The van der Waals surface area contributed by atoms with Gasteiger partial charge in [-0.1, -0.05) is 0 Å². The number of aliphatic hydroxyl groups is 1. The van der Waals surface area contributed by atoms with Crippen LogP contribution >= 0.6 is 0 Å². The Morgan fingerprint density at radius 3 is 2.22 bits per heavy atom. The topological polar surface area (TPSA) is 273 Å². The highest BCUT2D eigenvalue weighted by Crippen LogP contribution is 2.20. The van der Waals surface area contributed by atoms with E-state index in [1.165, 1.54) is 11.8 Å². The average molecular weight is 515 g/mol. The number of carbonyl (C=O) groups excluding carboxylic acids is 5. The molecule has 0 spiro atoms. The number of carbonyl (C=O) groups is 6. The minimum atomic E-state index is -1.60. The third kappa shape index (κ3) is 9.73.